The standard InChI is InChI=1S/C52H33GeN3S/c1-5-17-34(18-6-1)50-49-51(55-52(54-50)35-19-7-2-8-20-35)41-30-29-38(31-44(41)53(49,36-21-9-3-10-22-36)37-23-11-4-12-24-37)56-45-27-15-13-25-39(45)42-33-48-43(32-46(42)56)40-26-14-16-28-47(40)57-48/h1-33H. The third kappa shape index (κ3) is 4.78. The molecule has 5 heteroatoms. The fourth-order valence-electron chi connectivity index (χ4n) is 9.46. The van der Waals surface area contributed by atoms with Crippen LogP contribution >= 0.6 is 11.3 Å². The summed E-state index contributed by atoms with van der Waals surface area (Å²) >= 11 is -2.00. The summed E-state index contributed by atoms with van der Waals surface area (Å²) in [5.74, 6) is 0.747. The summed E-state index contributed by atoms with van der Waals surface area (Å²) in [6, 6.07) is 73.5. The Bertz CT molecular complexity index is 3300. The summed E-state index contributed by atoms with van der Waals surface area (Å²) in [6.45, 7) is 0. The van der Waals surface area contributed by atoms with Crippen molar-refractivity contribution in [1.82, 2.24) is 14.5 Å². The van der Waals surface area contributed by atoms with E-state index in [4.69, 9.17) is 9.97 Å². The number of benzene rings is 8. The van der Waals surface area contributed by atoms with Gasteiger partial charge in [-0.1, -0.05) is 0 Å². The quantitative estimate of drug-likeness (QED) is 0.162. The Morgan fingerprint density at radius 2 is 1.02 bits per heavy atom. The van der Waals surface area contributed by atoms with Crippen LogP contribution in [0.3, 0.4) is 0 Å². The fourth-order valence-corrected chi connectivity index (χ4v) is 21.6. The van der Waals surface area contributed by atoms with Crippen molar-refractivity contribution in [2.24, 2.45) is 0 Å². The van der Waals surface area contributed by atoms with Gasteiger partial charge in [0.1, 0.15) is 0 Å². The molecular weight excluding hydrogens is 771 g/mol. The van der Waals surface area contributed by atoms with Crippen LogP contribution in [-0.4, -0.2) is 27.8 Å². The first kappa shape index (κ1) is 32.6. The number of aromatic nitrogens is 3. The number of rotatable bonds is 5. The summed E-state index contributed by atoms with van der Waals surface area (Å²) in [6.07, 6.45) is 0. The van der Waals surface area contributed by atoms with E-state index in [9.17, 15) is 0 Å². The molecule has 0 radical (unpaired) electrons. The van der Waals surface area contributed by atoms with Crippen LogP contribution in [0.1, 0.15) is 0 Å². The molecule has 0 atom stereocenters. The Kier molecular flexibility index (Phi) is 7.28. The predicted octanol–water partition coefficient (Wildman–Crippen LogP) is 10.6. The van der Waals surface area contributed by atoms with Crippen LogP contribution in [0, 0.1) is 0 Å². The van der Waals surface area contributed by atoms with E-state index in [1.807, 2.05) is 11.3 Å². The zero-order valence-electron chi connectivity index (χ0n) is 30.8. The van der Waals surface area contributed by atoms with E-state index in [-0.39, 0.29) is 0 Å². The number of hydrogen-bond acceptors (Lipinski definition) is 3. The molecule has 0 aliphatic carbocycles. The van der Waals surface area contributed by atoms with Gasteiger partial charge in [0.05, 0.1) is 0 Å². The van der Waals surface area contributed by atoms with Crippen molar-refractivity contribution in [2.45, 2.75) is 0 Å². The molecule has 0 amide bonds. The number of para-hydroxylation sites is 1. The third-order valence-electron chi connectivity index (χ3n) is 11.9. The van der Waals surface area contributed by atoms with Gasteiger partial charge in [0, 0.05) is 0 Å². The van der Waals surface area contributed by atoms with Gasteiger partial charge < -0.3 is 0 Å². The maximum atomic E-state index is 5.58. The molecule has 57 heavy (non-hydrogen) atoms. The van der Waals surface area contributed by atoms with Crippen molar-refractivity contribution in [3.05, 3.63) is 200 Å². The second-order valence-electron chi connectivity index (χ2n) is 14.9. The number of nitrogens with zero attached hydrogens (tertiary/aromatic N) is 3. The van der Waals surface area contributed by atoms with Crippen LogP contribution in [0.5, 0.6) is 0 Å². The van der Waals surface area contributed by atoms with Gasteiger partial charge in [0.15, 0.2) is 0 Å². The van der Waals surface area contributed by atoms with Crippen molar-refractivity contribution < 1.29 is 0 Å². The van der Waals surface area contributed by atoms with Crippen molar-refractivity contribution in [3.8, 4) is 39.6 Å². The molecule has 0 bridgehead atoms. The van der Waals surface area contributed by atoms with E-state index in [0.29, 0.717) is 0 Å². The van der Waals surface area contributed by atoms with Crippen molar-refractivity contribution in [3.63, 3.8) is 0 Å². The third-order valence-corrected chi connectivity index (χ3v) is 23.2. The Balaban J connectivity index is 1.22. The summed E-state index contributed by atoms with van der Waals surface area (Å²) in [4.78, 5) is 11.1. The molecule has 4 heterocycles. The summed E-state index contributed by atoms with van der Waals surface area (Å²) in [5.41, 5.74) is 8.97. The van der Waals surface area contributed by atoms with E-state index < -0.39 is 13.3 Å². The Morgan fingerprint density at radius 1 is 0.421 bits per heavy atom. The molecule has 11 aromatic rings. The minimum atomic E-state index is -3.88. The molecule has 0 spiro atoms. The second-order valence-corrected chi connectivity index (χ2v) is 23.7. The first-order chi connectivity index (χ1) is 28.3. The molecule has 0 saturated heterocycles. The average Bonchev–Trinajstić information content (AvgIpc) is 3.92. The summed E-state index contributed by atoms with van der Waals surface area (Å²) < 4.78 is 10.5. The normalized spacial score (nSPS) is 13.1. The molecule has 0 fully saturated rings. The minimum absolute atomic E-state index is 0.747. The Morgan fingerprint density at radius 3 is 1.74 bits per heavy atom. The zero-order valence-corrected chi connectivity index (χ0v) is 33.7. The summed E-state index contributed by atoms with van der Waals surface area (Å²) in [7, 11) is 0. The fraction of sp³-hybridized carbons (Fsp3) is 0. The first-order valence-corrected chi connectivity index (χ1v) is 24.4. The van der Waals surface area contributed by atoms with Gasteiger partial charge in [-0.3, -0.25) is 0 Å². The van der Waals surface area contributed by atoms with E-state index in [2.05, 4.69) is 205 Å². The first-order valence-electron chi connectivity index (χ1n) is 19.4. The topological polar surface area (TPSA) is 30.7 Å². The number of fused-ring (bicyclic) bond motifs is 9. The zero-order chi connectivity index (χ0) is 37.5. The van der Waals surface area contributed by atoms with Crippen molar-refractivity contribution >= 4 is 84.2 Å². The van der Waals surface area contributed by atoms with Crippen molar-refractivity contribution in [1.29, 1.82) is 0 Å². The molecule has 266 valence electrons. The summed E-state index contributed by atoms with van der Waals surface area (Å²) in [5, 5.41) is 5.15. The van der Waals surface area contributed by atoms with Gasteiger partial charge in [0.2, 0.25) is 0 Å². The molecule has 0 saturated carbocycles. The second kappa shape index (κ2) is 12.7. The van der Waals surface area contributed by atoms with Crippen LogP contribution in [0.25, 0.3) is 81.6 Å². The van der Waals surface area contributed by atoms with E-state index >= 15 is 0 Å². The van der Waals surface area contributed by atoms with Gasteiger partial charge in [-0.2, -0.15) is 0 Å². The molecule has 3 nitrogen and oxygen atoms in total. The molecule has 3 aromatic heterocycles. The maximum absolute atomic E-state index is 5.58. The van der Waals surface area contributed by atoms with Gasteiger partial charge in [-0.25, -0.2) is 0 Å². The van der Waals surface area contributed by atoms with Crippen molar-refractivity contribution in [2.75, 3.05) is 0 Å². The monoisotopic (exact) mass is 805 g/mol. The Hall–Kier alpha value is -6.60. The van der Waals surface area contributed by atoms with Crippen LogP contribution in [0.15, 0.2) is 200 Å². The average molecular weight is 805 g/mol. The molecule has 12 rings (SSSR count). The number of hydrogen-bond donors (Lipinski definition) is 0. The molecule has 8 aromatic carbocycles. The van der Waals surface area contributed by atoms with Gasteiger partial charge >= 0.3 is 338 Å². The molecule has 1 aliphatic heterocycles. The van der Waals surface area contributed by atoms with Gasteiger partial charge in [-0.05, 0) is 0 Å². The molecule has 1 aliphatic rings. The molecule has 0 N–H and O–H groups in total. The van der Waals surface area contributed by atoms with Gasteiger partial charge in [0.25, 0.3) is 0 Å². The SMILES string of the molecule is c1ccc(-c2nc(-c3ccccc3)[c]3c(n2)-c2ccc(-n4c5ccccc5c5cc6sc7ccccc7c6cc54)c[c]2[Ge]3([c]2ccccc2)[c]2ccccc2)cc1. The van der Waals surface area contributed by atoms with Crippen LogP contribution in [0.2, 0.25) is 0 Å². The molecule has 0 unspecified atom stereocenters. The Labute approximate surface area is 336 Å². The van der Waals surface area contributed by atoms with Crippen LogP contribution in [0.4, 0.5) is 0 Å². The van der Waals surface area contributed by atoms with E-state index in [1.165, 1.54) is 65.1 Å². The van der Waals surface area contributed by atoms with E-state index in [1.54, 1.807) is 0 Å². The number of thiophene rings is 1. The van der Waals surface area contributed by atoms with Crippen LogP contribution in [-0.2, 0) is 0 Å². The van der Waals surface area contributed by atoms with E-state index in [0.717, 1.165) is 34.0 Å². The predicted molar refractivity (Wildman–Crippen MR) is 243 cm³/mol. The van der Waals surface area contributed by atoms with Gasteiger partial charge in [-0.15, -0.1) is 0 Å². The van der Waals surface area contributed by atoms with Crippen LogP contribution < -0.4 is 17.6 Å². The molecular formula is C52H33GeN3S.